The zero-order valence-corrected chi connectivity index (χ0v) is 44.7. The van der Waals surface area contributed by atoms with E-state index in [4.69, 9.17) is 28.4 Å². The summed E-state index contributed by atoms with van der Waals surface area (Å²) in [5.74, 6) is -0.424. The standard InChI is InChI=1S/C56H71N7O13/c1-34(2)51(60-49(65)16-21-76-56(5,6)17-18-64)52(67)58-29-50(66)59-38-14-12-37(13-15-38)33-75-55(70)63-32-40-23-36(4)31-62(40)54(69)42-25-46(72-8)48(27-44(42)63)74-20-11-9-10-19-73-47-26-43-41(24-45(47)71-7)53(68)61-30-35(3)22-39(61)28-57-43/h12-15,24-28,30-31,34,39-40,51,64H,9-11,16-23,29,32-33H2,1-8H3,(H,58,67)(H,59,66)(H,60,65)/t39-,40?,51?/m0/s1. The molecule has 0 aromatic heterocycles. The Morgan fingerprint density at radius 2 is 1.45 bits per heavy atom. The molecule has 0 saturated carbocycles. The van der Waals surface area contributed by atoms with Crippen LogP contribution in [0.15, 0.2) is 77.1 Å². The van der Waals surface area contributed by atoms with Gasteiger partial charge in [0.15, 0.2) is 23.0 Å². The van der Waals surface area contributed by atoms with Crippen LogP contribution in [0.5, 0.6) is 23.0 Å². The number of anilines is 2. The van der Waals surface area contributed by atoms with Gasteiger partial charge in [0.05, 0.1) is 93.7 Å². The van der Waals surface area contributed by atoms with E-state index in [1.165, 1.54) is 19.1 Å². The molecule has 0 aliphatic carbocycles. The molecule has 20 heteroatoms. The summed E-state index contributed by atoms with van der Waals surface area (Å²) in [4.78, 5) is 89.5. The van der Waals surface area contributed by atoms with Crippen molar-refractivity contribution >= 4 is 58.9 Å². The van der Waals surface area contributed by atoms with Gasteiger partial charge < -0.3 is 59.3 Å². The van der Waals surface area contributed by atoms with Crippen molar-refractivity contribution in [2.75, 3.05) is 64.0 Å². The van der Waals surface area contributed by atoms with E-state index in [2.05, 4.69) is 20.9 Å². The van der Waals surface area contributed by atoms with Crippen molar-refractivity contribution in [3.63, 3.8) is 0 Å². The SMILES string of the molecule is COc1cc2c(cc1OCCCCCOc1cc3c(cc1OC)C(=O)N1C=C(C)CC1CN3C(=O)OCc1ccc(NC(=O)CNC(=O)C(NC(=O)CCOC(C)(C)CCO)C(C)C)cc1)N=C[C@@H]1CC(C)=CN1C2=O. The number of unbranched alkanes of at least 4 members (excludes halogenated alkanes) is 2. The van der Waals surface area contributed by atoms with E-state index in [-0.39, 0.29) is 80.6 Å². The number of rotatable bonds is 24. The van der Waals surface area contributed by atoms with Gasteiger partial charge in [-0.15, -0.1) is 0 Å². The van der Waals surface area contributed by atoms with Gasteiger partial charge in [-0.1, -0.05) is 37.1 Å². The molecule has 0 bridgehead atoms. The summed E-state index contributed by atoms with van der Waals surface area (Å²) in [6, 6.07) is 12.0. The molecule has 2 unspecified atom stereocenters. The Morgan fingerprint density at radius 3 is 2.12 bits per heavy atom. The van der Waals surface area contributed by atoms with Crippen molar-refractivity contribution in [3.8, 4) is 23.0 Å². The van der Waals surface area contributed by atoms with Gasteiger partial charge in [0.1, 0.15) is 12.6 Å². The van der Waals surface area contributed by atoms with Crippen molar-refractivity contribution in [2.24, 2.45) is 10.9 Å². The van der Waals surface area contributed by atoms with Crippen LogP contribution in [0.4, 0.5) is 21.9 Å². The third kappa shape index (κ3) is 14.1. The molecular formula is C56H71N7O13. The number of nitrogens with zero attached hydrogens (tertiary/aromatic N) is 4. The minimum Gasteiger partial charge on any atom is -0.493 e. The summed E-state index contributed by atoms with van der Waals surface area (Å²) in [5, 5.41) is 17.3. The van der Waals surface area contributed by atoms with Gasteiger partial charge in [0.25, 0.3) is 11.8 Å². The van der Waals surface area contributed by atoms with Crippen molar-refractivity contribution in [3.05, 3.63) is 88.8 Å². The van der Waals surface area contributed by atoms with E-state index in [0.717, 1.165) is 24.0 Å². The van der Waals surface area contributed by atoms with E-state index >= 15 is 0 Å². The average molecular weight is 1050 g/mol. The molecule has 0 fully saturated rings. The zero-order chi connectivity index (χ0) is 54.7. The number of ether oxygens (including phenoxy) is 6. The molecule has 0 spiro atoms. The molecule has 3 aromatic carbocycles. The fourth-order valence-electron chi connectivity index (χ4n) is 9.31. The number of fused-ring (bicyclic) bond motifs is 4. The maximum atomic E-state index is 14.1. The second-order valence-corrected chi connectivity index (χ2v) is 20.3. The number of carbonyl (C=O) groups is 6. The van der Waals surface area contributed by atoms with Crippen LogP contribution in [-0.2, 0) is 30.5 Å². The van der Waals surface area contributed by atoms with Crippen LogP contribution in [0.1, 0.15) is 113 Å². The van der Waals surface area contributed by atoms with Gasteiger partial charge in [-0.2, -0.15) is 0 Å². The highest BCUT2D eigenvalue weighted by atomic mass is 16.6. The number of nitrogens with one attached hydrogen (secondary N) is 3. The summed E-state index contributed by atoms with van der Waals surface area (Å²) >= 11 is 0. The molecular weight excluding hydrogens is 979 g/mol. The van der Waals surface area contributed by atoms with Crippen LogP contribution in [0.25, 0.3) is 0 Å². The van der Waals surface area contributed by atoms with Crippen LogP contribution in [-0.4, -0.2) is 134 Å². The van der Waals surface area contributed by atoms with Gasteiger partial charge in [-0.3, -0.25) is 33.9 Å². The average Bonchev–Trinajstić information content (AvgIpc) is 3.91. The summed E-state index contributed by atoms with van der Waals surface area (Å²) in [5.41, 5.74) is 4.15. The van der Waals surface area contributed by atoms with E-state index in [9.17, 15) is 33.9 Å². The first-order valence-corrected chi connectivity index (χ1v) is 25.8. The first-order valence-electron chi connectivity index (χ1n) is 25.8. The number of hydrogen-bond donors (Lipinski definition) is 4. The lowest BCUT2D eigenvalue weighted by Gasteiger charge is -2.26. The highest BCUT2D eigenvalue weighted by molar-refractivity contribution is 6.07. The summed E-state index contributed by atoms with van der Waals surface area (Å²) in [7, 11) is 3.03. The Balaban J connectivity index is 0.908. The maximum Gasteiger partial charge on any atom is 0.414 e. The summed E-state index contributed by atoms with van der Waals surface area (Å²) < 4.78 is 35.3. The monoisotopic (exact) mass is 1050 g/mol. The minimum absolute atomic E-state index is 0.0226. The number of hydrogen-bond acceptors (Lipinski definition) is 14. The van der Waals surface area contributed by atoms with Gasteiger partial charge in [-0.25, -0.2) is 4.79 Å². The molecule has 6 amide bonds. The van der Waals surface area contributed by atoms with E-state index in [0.29, 0.717) is 90.1 Å². The summed E-state index contributed by atoms with van der Waals surface area (Å²) in [6.07, 6.45) is 8.66. The first-order chi connectivity index (χ1) is 36.4. The topological polar surface area (TPSA) is 236 Å². The smallest absolute Gasteiger partial charge is 0.414 e. The first kappa shape index (κ1) is 56.3. The number of aliphatic imine (C=N–C) groups is 1. The minimum atomic E-state index is -0.877. The lowest BCUT2D eigenvalue weighted by atomic mass is 10.0. The number of amides is 6. The molecule has 4 aliphatic rings. The normalized spacial score (nSPS) is 17.1. The maximum absolute atomic E-state index is 14.1. The Kier molecular flexibility index (Phi) is 18.8. The van der Waals surface area contributed by atoms with Crippen molar-refractivity contribution in [2.45, 2.75) is 117 Å². The van der Waals surface area contributed by atoms with Crippen molar-refractivity contribution < 1.29 is 62.3 Å². The summed E-state index contributed by atoms with van der Waals surface area (Å²) in [6.45, 7) is 11.6. The predicted molar refractivity (Wildman–Crippen MR) is 284 cm³/mol. The zero-order valence-electron chi connectivity index (χ0n) is 44.7. The second-order valence-electron chi connectivity index (χ2n) is 20.3. The lowest BCUT2D eigenvalue weighted by molar-refractivity contribution is -0.132. The second kappa shape index (κ2) is 25.4. The van der Waals surface area contributed by atoms with E-state index in [1.807, 2.05) is 40.1 Å². The molecule has 4 heterocycles. The van der Waals surface area contributed by atoms with Crippen LogP contribution < -0.4 is 39.8 Å². The van der Waals surface area contributed by atoms with Crippen LogP contribution in [0.3, 0.4) is 0 Å². The Labute approximate surface area is 443 Å². The van der Waals surface area contributed by atoms with Crippen LogP contribution in [0.2, 0.25) is 0 Å². The molecule has 4 aliphatic heterocycles. The fourth-order valence-corrected chi connectivity index (χ4v) is 9.31. The highest BCUT2D eigenvalue weighted by Gasteiger charge is 2.39. The van der Waals surface area contributed by atoms with Crippen LogP contribution in [0, 0.1) is 5.92 Å². The van der Waals surface area contributed by atoms with Crippen molar-refractivity contribution in [1.82, 2.24) is 20.4 Å². The molecule has 4 N–H and O–H groups in total. The molecule has 0 saturated heterocycles. The predicted octanol–water partition coefficient (Wildman–Crippen LogP) is 7.20. The molecule has 76 heavy (non-hydrogen) atoms. The number of aliphatic hydroxyl groups excluding tert-OH is 1. The number of methoxy groups -OCH3 is 2. The molecule has 7 rings (SSSR count). The van der Waals surface area contributed by atoms with Crippen LogP contribution >= 0.6 is 0 Å². The largest absolute Gasteiger partial charge is 0.493 e. The van der Waals surface area contributed by atoms with Gasteiger partial charge in [0, 0.05) is 43.0 Å². The fraction of sp³-hybridized carbons (Fsp3) is 0.482. The van der Waals surface area contributed by atoms with E-state index < -0.39 is 29.6 Å². The Morgan fingerprint density at radius 1 is 0.803 bits per heavy atom. The Bertz CT molecular complexity index is 2740. The lowest BCUT2D eigenvalue weighted by Crippen LogP contribution is -2.51. The molecule has 20 nitrogen and oxygen atoms in total. The van der Waals surface area contributed by atoms with Gasteiger partial charge >= 0.3 is 6.09 Å². The van der Waals surface area contributed by atoms with E-state index in [1.54, 1.807) is 78.4 Å². The van der Waals surface area contributed by atoms with Gasteiger partial charge in [0.2, 0.25) is 17.7 Å². The molecule has 3 atom stereocenters. The third-order valence-corrected chi connectivity index (χ3v) is 13.5. The Hall–Kier alpha value is -7.45. The number of benzene rings is 3. The van der Waals surface area contributed by atoms with Crippen molar-refractivity contribution in [1.29, 1.82) is 0 Å². The quantitative estimate of drug-likeness (QED) is 0.0651. The molecule has 0 radical (unpaired) electrons. The third-order valence-electron chi connectivity index (χ3n) is 13.5. The number of aliphatic hydroxyl groups is 1. The number of carbonyl (C=O) groups excluding carboxylic acids is 6. The van der Waals surface area contributed by atoms with Gasteiger partial charge in [-0.05, 0) is 102 Å². The molecule has 408 valence electrons. The molecule has 3 aromatic rings. The highest BCUT2D eigenvalue weighted by Crippen LogP contribution is 2.41.